The van der Waals surface area contributed by atoms with Gasteiger partial charge in [0, 0.05) is 10.6 Å². The fourth-order valence-corrected chi connectivity index (χ4v) is 2.32. The Hall–Kier alpha value is -1.86. The van der Waals surface area contributed by atoms with Crippen molar-refractivity contribution in [3.8, 4) is 6.07 Å². The quantitative estimate of drug-likeness (QED) is 0.662. The minimum Gasteiger partial charge on any atom is -0.468 e. The summed E-state index contributed by atoms with van der Waals surface area (Å²) >= 11 is 1.67. The van der Waals surface area contributed by atoms with Crippen molar-refractivity contribution in [2.45, 2.75) is 17.1 Å². The maximum atomic E-state index is 8.69. The molecule has 0 fully saturated rings. The SMILES string of the molecule is N#CCc1cc(SCc2ccco2)ccc1N. The summed E-state index contributed by atoms with van der Waals surface area (Å²) in [4.78, 5) is 1.10. The molecule has 0 saturated heterocycles. The van der Waals surface area contributed by atoms with E-state index in [0.29, 0.717) is 12.1 Å². The van der Waals surface area contributed by atoms with Crippen molar-refractivity contribution in [3.63, 3.8) is 0 Å². The molecule has 3 nitrogen and oxygen atoms in total. The zero-order valence-electron chi connectivity index (χ0n) is 9.22. The Kier molecular flexibility index (Phi) is 3.73. The van der Waals surface area contributed by atoms with Crippen molar-refractivity contribution in [2.75, 3.05) is 5.73 Å². The van der Waals surface area contributed by atoms with Crippen LogP contribution in [0.1, 0.15) is 11.3 Å². The van der Waals surface area contributed by atoms with E-state index in [-0.39, 0.29) is 0 Å². The van der Waals surface area contributed by atoms with Crippen LogP contribution in [0.3, 0.4) is 0 Å². The molecule has 0 atom stereocenters. The highest BCUT2D eigenvalue weighted by molar-refractivity contribution is 7.98. The first-order chi connectivity index (χ1) is 8.29. The van der Waals surface area contributed by atoms with E-state index in [9.17, 15) is 0 Å². The van der Waals surface area contributed by atoms with Crippen molar-refractivity contribution in [3.05, 3.63) is 47.9 Å². The second-order valence-corrected chi connectivity index (χ2v) is 4.61. The van der Waals surface area contributed by atoms with Crippen molar-refractivity contribution in [1.82, 2.24) is 0 Å². The number of thioether (sulfide) groups is 1. The molecule has 2 rings (SSSR count). The number of nitrogens with zero attached hydrogens (tertiary/aromatic N) is 1. The van der Waals surface area contributed by atoms with Gasteiger partial charge in [0.15, 0.2) is 0 Å². The summed E-state index contributed by atoms with van der Waals surface area (Å²) in [5, 5.41) is 8.69. The van der Waals surface area contributed by atoms with Crippen molar-refractivity contribution in [1.29, 1.82) is 5.26 Å². The van der Waals surface area contributed by atoms with Gasteiger partial charge >= 0.3 is 0 Å². The van der Waals surface area contributed by atoms with Gasteiger partial charge < -0.3 is 10.2 Å². The van der Waals surface area contributed by atoms with Gasteiger partial charge in [0.05, 0.1) is 24.5 Å². The van der Waals surface area contributed by atoms with Gasteiger partial charge in [0.25, 0.3) is 0 Å². The van der Waals surface area contributed by atoms with Gasteiger partial charge in [0.1, 0.15) is 5.76 Å². The molecule has 1 aromatic heterocycles. The highest BCUT2D eigenvalue weighted by atomic mass is 32.2. The number of rotatable bonds is 4. The summed E-state index contributed by atoms with van der Waals surface area (Å²) in [6.45, 7) is 0. The predicted octanol–water partition coefficient (Wildman–Crippen LogP) is 3.22. The normalized spacial score (nSPS) is 10.1. The molecule has 0 unspecified atom stereocenters. The molecule has 17 heavy (non-hydrogen) atoms. The maximum Gasteiger partial charge on any atom is 0.113 e. The Morgan fingerprint density at radius 1 is 1.35 bits per heavy atom. The minimum atomic E-state index is 0.348. The molecule has 2 N–H and O–H groups in total. The van der Waals surface area contributed by atoms with Crippen molar-refractivity contribution >= 4 is 17.4 Å². The molecule has 1 aromatic carbocycles. The van der Waals surface area contributed by atoms with Crippen LogP contribution in [0.5, 0.6) is 0 Å². The smallest absolute Gasteiger partial charge is 0.113 e. The Morgan fingerprint density at radius 2 is 2.24 bits per heavy atom. The number of nitriles is 1. The highest BCUT2D eigenvalue weighted by Gasteiger charge is 2.03. The zero-order valence-corrected chi connectivity index (χ0v) is 10.0. The van der Waals surface area contributed by atoms with E-state index >= 15 is 0 Å². The van der Waals surface area contributed by atoms with E-state index in [1.54, 1.807) is 18.0 Å². The molecule has 4 heteroatoms. The van der Waals surface area contributed by atoms with Crippen LogP contribution < -0.4 is 5.73 Å². The molecule has 0 radical (unpaired) electrons. The average Bonchev–Trinajstić information content (AvgIpc) is 2.83. The van der Waals surface area contributed by atoms with E-state index in [4.69, 9.17) is 15.4 Å². The van der Waals surface area contributed by atoms with Crippen LogP contribution in [0.4, 0.5) is 5.69 Å². The number of hydrogen-bond donors (Lipinski definition) is 1. The Bertz CT molecular complexity index is 529. The molecule has 0 aliphatic heterocycles. The molecule has 0 saturated carbocycles. The van der Waals surface area contributed by atoms with Crippen LogP contribution in [0.25, 0.3) is 0 Å². The summed E-state index contributed by atoms with van der Waals surface area (Å²) < 4.78 is 5.26. The minimum absolute atomic E-state index is 0.348. The lowest BCUT2D eigenvalue weighted by Gasteiger charge is -2.05. The lowest BCUT2D eigenvalue weighted by atomic mass is 10.1. The summed E-state index contributed by atoms with van der Waals surface area (Å²) in [6.07, 6.45) is 2.01. The number of furan rings is 1. The van der Waals surface area contributed by atoms with Gasteiger partial charge in [-0.3, -0.25) is 0 Å². The molecular weight excluding hydrogens is 232 g/mol. The largest absolute Gasteiger partial charge is 0.468 e. The molecule has 0 amide bonds. The molecule has 1 heterocycles. The first kappa shape index (κ1) is 11.6. The van der Waals surface area contributed by atoms with Crippen LogP contribution in [0, 0.1) is 11.3 Å². The molecule has 0 spiro atoms. The maximum absolute atomic E-state index is 8.69. The number of hydrogen-bond acceptors (Lipinski definition) is 4. The lowest BCUT2D eigenvalue weighted by Crippen LogP contribution is -1.93. The summed E-state index contributed by atoms with van der Waals surface area (Å²) in [5.41, 5.74) is 7.35. The third-order valence-corrected chi connectivity index (χ3v) is 3.36. The Labute approximate surface area is 104 Å². The number of benzene rings is 1. The second-order valence-electron chi connectivity index (χ2n) is 3.56. The molecular formula is C13H12N2OS. The van der Waals surface area contributed by atoms with Gasteiger partial charge in [-0.2, -0.15) is 5.26 Å². The fraction of sp³-hybridized carbons (Fsp3) is 0.154. The number of nitrogens with two attached hydrogens (primary N) is 1. The van der Waals surface area contributed by atoms with Crippen LogP contribution in [0.2, 0.25) is 0 Å². The van der Waals surface area contributed by atoms with Gasteiger partial charge in [0.2, 0.25) is 0 Å². The molecule has 2 aromatic rings. The van der Waals surface area contributed by atoms with Crippen LogP contribution in [-0.4, -0.2) is 0 Å². The predicted molar refractivity (Wildman–Crippen MR) is 68.4 cm³/mol. The molecule has 0 aliphatic carbocycles. The summed E-state index contributed by atoms with van der Waals surface area (Å²) in [7, 11) is 0. The first-order valence-corrected chi connectivity index (χ1v) is 6.18. The van der Waals surface area contributed by atoms with Gasteiger partial charge in [-0.1, -0.05) is 0 Å². The highest BCUT2D eigenvalue weighted by Crippen LogP contribution is 2.26. The van der Waals surface area contributed by atoms with Gasteiger partial charge in [-0.15, -0.1) is 11.8 Å². The topological polar surface area (TPSA) is 63.0 Å². The molecule has 0 bridgehead atoms. The standard InChI is InChI=1S/C13H12N2OS/c14-6-5-10-8-12(3-4-13(10)15)17-9-11-2-1-7-16-11/h1-4,7-8H,5,9,15H2. The first-order valence-electron chi connectivity index (χ1n) is 5.20. The monoisotopic (exact) mass is 244 g/mol. The van der Waals surface area contributed by atoms with Crippen molar-refractivity contribution in [2.24, 2.45) is 0 Å². The van der Waals surface area contributed by atoms with Crippen LogP contribution in [0.15, 0.2) is 45.9 Å². The van der Waals surface area contributed by atoms with Crippen molar-refractivity contribution < 1.29 is 4.42 Å². The Balaban J connectivity index is 2.06. The third-order valence-electron chi connectivity index (χ3n) is 2.35. The van der Waals surface area contributed by atoms with E-state index in [1.807, 2.05) is 30.3 Å². The summed E-state index contributed by atoms with van der Waals surface area (Å²) in [6, 6.07) is 11.7. The molecule has 86 valence electrons. The second kappa shape index (κ2) is 5.46. The van der Waals surface area contributed by atoms with E-state index in [2.05, 4.69) is 6.07 Å². The zero-order chi connectivity index (χ0) is 12.1. The third kappa shape index (κ3) is 3.05. The fourth-order valence-electron chi connectivity index (χ4n) is 1.46. The average molecular weight is 244 g/mol. The van der Waals surface area contributed by atoms with E-state index in [0.717, 1.165) is 22.0 Å². The van der Waals surface area contributed by atoms with Crippen LogP contribution >= 0.6 is 11.8 Å². The number of nitrogen functional groups attached to an aromatic ring is 1. The molecule has 0 aliphatic rings. The van der Waals surface area contributed by atoms with E-state index in [1.165, 1.54) is 0 Å². The number of anilines is 1. The lowest BCUT2D eigenvalue weighted by molar-refractivity contribution is 0.530. The van der Waals surface area contributed by atoms with Gasteiger partial charge in [-0.05, 0) is 35.9 Å². The Morgan fingerprint density at radius 3 is 2.94 bits per heavy atom. The summed E-state index contributed by atoms with van der Waals surface area (Å²) in [5.74, 6) is 1.72. The van der Waals surface area contributed by atoms with Crippen LogP contribution in [-0.2, 0) is 12.2 Å². The van der Waals surface area contributed by atoms with E-state index < -0.39 is 0 Å². The van der Waals surface area contributed by atoms with Gasteiger partial charge in [-0.25, -0.2) is 0 Å².